The summed E-state index contributed by atoms with van der Waals surface area (Å²) < 4.78 is 22.5. The van der Waals surface area contributed by atoms with Crippen molar-refractivity contribution >= 4 is 21.7 Å². The molecule has 1 saturated heterocycles. The fraction of sp³-hybridized carbons (Fsp3) is 0.417. The maximum Gasteiger partial charge on any atom is 0.264 e. The second-order valence-electron chi connectivity index (χ2n) is 8.70. The zero-order valence-corrected chi connectivity index (χ0v) is 19.6. The molecule has 0 spiro atoms. The van der Waals surface area contributed by atoms with E-state index in [1.807, 2.05) is 36.4 Å². The van der Waals surface area contributed by atoms with Crippen molar-refractivity contribution < 1.29 is 28.3 Å². The number of nitrogens with zero attached hydrogens (tertiary/aromatic N) is 1. The molecule has 9 heteroatoms. The van der Waals surface area contributed by atoms with Crippen LogP contribution in [0.5, 0.6) is 0 Å². The molecule has 0 aromatic heterocycles. The van der Waals surface area contributed by atoms with E-state index in [4.69, 9.17) is 5.21 Å². The molecule has 0 saturated carbocycles. The predicted molar refractivity (Wildman–Crippen MR) is 125 cm³/mol. The predicted octanol–water partition coefficient (Wildman–Crippen LogP) is 2.19. The van der Waals surface area contributed by atoms with Crippen LogP contribution in [0.1, 0.15) is 42.1 Å². The van der Waals surface area contributed by atoms with Crippen molar-refractivity contribution in [1.82, 2.24) is 10.4 Å². The number of likely N-dealkylation sites (tertiary alicyclic amines) is 1. The monoisotopic (exact) mass is 474 g/mol. The summed E-state index contributed by atoms with van der Waals surface area (Å²) in [6, 6.07) is 14.7. The Hall–Kier alpha value is -2.75. The van der Waals surface area contributed by atoms with Gasteiger partial charge in [0, 0.05) is 18.4 Å². The first kappa shape index (κ1) is 24.9. The molecule has 33 heavy (non-hydrogen) atoms. The van der Waals surface area contributed by atoms with Crippen LogP contribution in [0.15, 0.2) is 48.5 Å². The van der Waals surface area contributed by atoms with Crippen LogP contribution in [-0.2, 0) is 21.1 Å². The number of nitrogens with one attached hydrogen (secondary N) is 1. The van der Waals surface area contributed by atoms with Gasteiger partial charge in [-0.2, -0.15) is 0 Å². The van der Waals surface area contributed by atoms with Crippen LogP contribution in [0, 0.1) is 0 Å². The summed E-state index contributed by atoms with van der Waals surface area (Å²) >= 11 is 0. The van der Waals surface area contributed by atoms with Crippen molar-refractivity contribution in [2.45, 2.75) is 43.4 Å². The highest BCUT2D eigenvalue weighted by Crippen LogP contribution is 2.26. The minimum Gasteiger partial charge on any atom is -0.394 e. The third-order valence-electron chi connectivity index (χ3n) is 6.56. The molecule has 2 amide bonds. The number of hydrogen-bond donors (Lipinski definition) is 3. The van der Waals surface area contributed by atoms with Gasteiger partial charge in [-0.15, -0.1) is 0 Å². The number of carbonyl (C=O) groups excluding carboxylic acids is 2. The molecule has 0 bridgehead atoms. The Bertz CT molecular complexity index is 1100. The minimum absolute atomic E-state index is 0.0236. The summed E-state index contributed by atoms with van der Waals surface area (Å²) in [5.74, 6) is -1.02. The molecule has 2 atom stereocenters. The zero-order chi connectivity index (χ0) is 24.2. The lowest BCUT2D eigenvalue weighted by Crippen LogP contribution is -2.49. The van der Waals surface area contributed by atoms with Gasteiger partial charge in [-0.1, -0.05) is 36.4 Å². The van der Waals surface area contributed by atoms with E-state index in [0.29, 0.717) is 18.5 Å². The van der Waals surface area contributed by atoms with E-state index in [2.05, 4.69) is 0 Å². The number of amides is 2. The largest absolute Gasteiger partial charge is 0.394 e. The summed E-state index contributed by atoms with van der Waals surface area (Å²) in [7, 11) is -3.74. The second-order valence-corrected chi connectivity index (χ2v) is 11.1. The van der Waals surface area contributed by atoms with Gasteiger partial charge in [-0.25, -0.2) is 13.9 Å². The molecule has 3 rings (SSSR count). The van der Waals surface area contributed by atoms with Crippen molar-refractivity contribution in [3.8, 4) is 11.1 Å². The number of hydroxylamine groups is 1. The van der Waals surface area contributed by atoms with Crippen molar-refractivity contribution in [3.05, 3.63) is 59.7 Å². The SMILES string of the molecule is C[C@@](CCc1ccc(-c2ccc(C(=O)N3CCC[C@@H]3CO)cc2)cc1)(C(=O)NO)S(C)(=O)=O. The molecule has 178 valence electrons. The van der Waals surface area contributed by atoms with Gasteiger partial charge >= 0.3 is 0 Å². The zero-order valence-electron chi connectivity index (χ0n) is 18.8. The molecule has 0 unspecified atom stereocenters. The standard InChI is InChI=1S/C24H30N2O6S/c1-24(23(29)25-30,33(2,31)32)14-13-17-5-7-18(8-6-17)19-9-11-20(12-10-19)22(28)26-15-3-4-21(26)16-27/h5-12,21,27,30H,3-4,13-16H2,1-2H3,(H,25,29)/t21-,24-/m1/s1. The number of benzene rings is 2. The summed E-state index contributed by atoms with van der Waals surface area (Å²) in [6.07, 6.45) is 3.07. The Labute approximate surface area is 194 Å². The van der Waals surface area contributed by atoms with E-state index in [-0.39, 0.29) is 25.0 Å². The molecule has 1 fully saturated rings. The second kappa shape index (κ2) is 10.0. The van der Waals surface area contributed by atoms with Crippen LogP contribution < -0.4 is 5.48 Å². The van der Waals surface area contributed by atoms with Crippen molar-refractivity contribution in [2.75, 3.05) is 19.4 Å². The topological polar surface area (TPSA) is 124 Å². The highest BCUT2D eigenvalue weighted by Gasteiger charge is 2.43. The van der Waals surface area contributed by atoms with Crippen LogP contribution in [-0.4, -0.2) is 65.6 Å². The maximum atomic E-state index is 12.7. The molecular formula is C24H30N2O6S. The van der Waals surface area contributed by atoms with Gasteiger partial charge < -0.3 is 10.0 Å². The summed E-state index contributed by atoms with van der Waals surface area (Å²) in [5.41, 5.74) is 4.76. The minimum atomic E-state index is -3.74. The van der Waals surface area contributed by atoms with E-state index in [1.54, 1.807) is 17.0 Å². The van der Waals surface area contributed by atoms with E-state index < -0.39 is 20.5 Å². The van der Waals surface area contributed by atoms with E-state index in [1.165, 1.54) is 12.4 Å². The molecule has 3 N–H and O–H groups in total. The van der Waals surface area contributed by atoms with Gasteiger partial charge in [0.2, 0.25) is 0 Å². The van der Waals surface area contributed by atoms with Gasteiger partial charge in [-0.05, 0) is 61.4 Å². The molecule has 2 aromatic rings. The molecule has 8 nitrogen and oxygen atoms in total. The number of carbonyl (C=O) groups is 2. The van der Waals surface area contributed by atoms with Gasteiger partial charge in [0.05, 0.1) is 12.6 Å². The lowest BCUT2D eigenvalue weighted by atomic mass is 9.97. The number of rotatable bonds is 8. The van der Waals surface area contributed by atoms with Crippen LogP contribution in [0.25, 0.3) is 11.1 Å². The van der Waals surface area contributed by atoms with Crippen LogP contribution in [0.4, 0.5) is 0 Å². The summed E-state index contributed by atoms with van der Waals surface area (Å²) in [6.45, 7) is 1.94. The van der Waals surface area contributed by atoms with Crippen molar-refractivity contribution in [3.63, 3.8) is 0 Å². The van der Waals surface area contributed by atoms with E-state index >= 15 is 0 Å². The van der Waals surface area contributed by atoms with Crippen LogP contribution in [0.3, 0.4) is 0 Å². The molecule has 1 aliphatic heterocycles. The third-order valence-corrected chi connectivity index (χ3v) is 8.59. The van der Waals surface area contributed by atoms with Crippen molar-refractivity contribution in [2.24, 2.45) is 0 Å². The van der Waals surface area contributed by atoms with Gasteiger partial charge in [0.1, 0.15) is 4.75 Å². The average Bonchev–Trinajstić information content (AvgIpc) is 3.30. The maximum absolute atomic E-state index is 12.7. The first-order valence-corrected chi connectivity index (χ1v) is 12.7. The lowest BCUT2D eigenvalue weighted by molar-refractivity contribution is -0.131. The highest BCUT2D eigenvalue weighted by atomic mass is 32.2. The number of aliphatic hydroxyl groups is 1. The summed E-state index contributed by atoms with van der Waals surface area (Å²) in [5, 5.41) is 18.4. The Morgan fingerprint density at radius 1 is 1.09 bits per heavy atom. The smallest absolute Gasteiger partial charge is 0.264 e. The van der Waals surface area contributed by atoms with Crippen LogP contribution >= 0.6 is 0 Å². The number of sulfone groups is 1. The van der Waals surface area contributed by atoms with E-state index in [0.717, 1.165) is 35.8 Å². The summed E-state index contributed by atoms with van der Waals surface area (Å²) in [4.78, 5) is 26.4. The quantitative estimate of drug-likeness (QED) is 0.398. The molecule has 1 heterocycles. The normalized spacial score (nSPS) is 18.1. The number of aryl methyl sites for hydroxylation is 1. The molecule has 0 radical (unpaired) electrons. The molecule has 1 aliphatic rings. The first-order chi connectivity index (χ1) is 15.6. The van der Waals surface area contributed by atoms with E-state index in [9.17, 15) is 23.1 Å². The van der Waals surface area contributed by atoms with Gasteiger partial charge in [0.25, 0.3) is 11.8 Å². The van der Waals surface area contributed by atoms with Gasteiger partial charge in [-0.3, -0.25) is 14.8 Å². The molecule has 0 aliphatic carbocycles. The Balaban J connectivity index is 1.69. The Morgan fingerprint density at radius 3 is 2.18 bits per heavy atom. The number of aliphatic hydroxyl groups excluding tert-OH is 1. The Morgan fingerprint density at radius 2 is 1.67 bits per heavy atom. The van der Waals surface area contributed by atoms with Crippen LogP contribution in [0.2, 0.25) is 0 Å². The molecular weight excluding hydrogens is 444 g/mol. The van der Waals surface area contributed by atoms with Crippen molar-refractivity contribution in [1.29, 1.82) is 0 Å². The van der Waals surface area contributed by atoms with Gasteiger partial charge in [0.15, 0.2) is 9.84 Å². The third kappa shape index (κ3) is 5.26. The first-order valence-electron chi connectivity index (χ1n) is 10.9. The molecule has 2 aromatic carbocycles. The number of hydrogen-bond acceptors (Lipinski definition) is 6. The fourth-order valence-corrected chi connectivity index (χ4v) is 4.95. The highest BCUT2D eigenvalue weighted by molar-refractivity contribution is 7.92. The lowest BCUT2D eigenvalue weighted by Gasteiger charge is -2.25. The average molecular weight is 475 g/mol. The Kier molecular flexibility index (Phi) is 7.56. The fourth-order valence-electron chi connectivity index (χ4n) is 4.10.